The number of benzene rings is 2. The van der Waals surface area contributed by atoms with E-state index in [0.717, 1.165) is 117 Å². The number of rotatable bonds is 26. The predicted octanol–water partition coefficient (Wildman–Crippen LogP) is 14.1. The first kappa shape index (κ1) is 52.8. The molecular weight excluding hydrogens is 921 g/mol. The van der Waals surface area contributed by atoms with Gasteiger partial charge in [-0.15, -0.1) is 22.7 Å². The lowest BCUT2D eigenvalue weighted by molar-refractivity contribution is -0.155. The van der Waals surface area contributed by atoms with Crippen LogP contribution in [0.25, 0.3) is 21.3 Å². The zero-order chi connectivity index (χ0) is 49.6. The first-order valence-electron chi connectivity index (χ1n) is 25.3. The van der Waals surface area contributed by atoms with E-state index < -0.39 is 11.6 Å². The molecule has 2 aliphatic rings. The van der Waals surface area contributed by atoms with Gasteiger partial charge in [0.15, 0.2) is 11.5 Å². The van der Waals surface area contributed by atoms with E-state index in [4.69, 9.17) is 23.3 Å². The van der Waals surface area contributed by atoms with Gasteiger partial charge in [0.1, 0.15) is 5.60 Å². The van der Waals surface area contributed by atoms with Gasteiger partial charge in [0.2, 0.25) is 0 Å². The molecule has 376 valence electrons. The summed E-state index contributed by atoms with van der Waals surface area (Å²) in [6, 6.07) is 20.2. The Balaban J connectivity index is 0.000000208. The highest BCUT2D eigenvalue weighted by Gasteiger charge is 2.38. The van der Waals surface area contributed by atoms with Crippen LogP contribution in [-0.4, -0.2) is 56.1 Å². The maximum atomic E-state index is 12.9. The Morgan fingerprint density at radius 2 is 1.10 bits per heavy atom. The van der Waals surface area contributed by atoms with Gasteiger partial charge in [0, 0.05) is 61.4 Å². The molecular formula is C56H72N4O8S2. The van der Waals surface area contributed by atoms with Gasteiger partial charge >= 0.3 is 11.9 Å². The standard InChI is InChI=1S/C30H40N2O4S.C26H32N2O4S/c1-20(2)16-25-31-18-24(37-25)29-27(22-13-14-22)28(32-36-29)23(17-26(33)35-30(3,4)5)12-9-15-34-19-21-10-7-6-8-11-21;1-17(2)13-22-27-15-21(33-22)26-24(19-10-11-19)25(28-32-26)20(14-23(29)30)9-6-12-31-16-18-7-4-3-5-8-18/h6-8,10-11,18,20,22-23H,9,12-17,19H2,1-5H3;3-5,7-8,15,17,19-20H,6,9-14,16H2,1-2H3,(H,29,30)/t23-;20-/m00/s1. The van der Waals surface area contributed by atoms with Crippen LogP contribution < -0.4 is 0 Å². The molecule has 0 spiro atoms. The fourth-order valence-corrected chi connectivity index (χ4v) is 10.9. The number of carbonyl (C=O) groups excluding carboxylic acids is 1. The molecule has 0 saturated heterocycles. The first-order chi connectivity index (χ1) is 33.7. The van der Waals surface area contributed by atoms with Crippen molar-refractivity contribution in [2.24, 2.45) is 11.8 Å². The number of aromatic nitrogens is 4. The van der Waals surface area contributed by atoms with E-state index in [1.807, 2.05) is 81.7 Å². The number of ether oxygens (including phenoxy) is 3. The molecule has 1 N–H and O–H groups in total. The molecule has 0 bridgehead atoms. The number of esters is 1. The molecule has 2 aliphatic carbocycles. The van der Waals surface area contributed by atoms with E-state index in [1.54, 1.807) is 22.7 Å². The van der Waals surface area contributed by atoms with Crippen molar-refractivity contribution in [3.05, 3.63) is 117 Å². The van der Waals surface area contributed by atoms with Crippen LogP contribution in [0.4, 0.5) is 0 Å². The second kappa shape index (κ2) is 25.4. The summed E-state index contributed by atoms with van der Waals surface area (Å²) < 4.78 is 29.3. The molecule has 0 unspecified atom stereocenters. The van der Waals surface area contributed by atoms with Crippen molar-refractivity contribution >= 4 is 34.6 Å². The molecule has 12 nitrogen and oxygen atoms in total. The van der Waals surface area contributed by atoms with Crippen LogP contribution in [0.5, 0.6) is 0 Å². The Kier molecular flexibility index (Phi) is 19.1. The molecule has 2 aromatic carbocycles. The molecule has 70 heavy (non-hydrogen) atoms. The summed E-state index contributed by atoms with van der Waals surface area (Å²) in [5.41, 5.74) is 5.76. The van der Waals surface area contributed by atoms with E-state index in [2.05, 4.69) is 60.1 Å². The van der Waals surface area contributed by atoms with Crippen LogP contribution in [0.2, 0.25) is 0 Å². The average Bonchev–Trinajstić information content (AvgIpc) is 4.11. The van der Waals surface area contributed by atoms with Crippen molar-refractivity contribution < 1.29 is 38.0 Å². The third kappa shape index (κ3) is 16.3. The summed E-state index contributed by atoms with van der Waals surface area (Å²) in [6.45, 7) is 16.8. The van der Waals surface area contributed by atoms with Gasteiger partial charge in [0.05, 0.1) is 57.2 Å². The molecule has 0 aliphatic heterocycles. The highest BCUT2D eigenvalue weighted by atomic mass is 32.1. The molecule has 2 atom stereocenters. The smallest absolute Gasteiger partial charge is 0.306 e. The van der Waals surface area contributed by atoms with Crippen molar-refractivity contribution in [3.8, 4) is 21.3 Å². The van der Waals surface area contributed by atoms with Crippen LogP contribution in [-0.2, 0) is 49.9 Å². The summed E-state index contributed by atoms with van der Waals surface area (Å²) in [5.74, 6) is 2.28. The number of carboxylic acid groups (broad SMARTS) is 1. The van der Waals surface area contributed by atoms with Crippen molar-refractivity contribution in [1.29, 1.82) is 0 Å². The van der Waals surface area contributed by atoms with E-state index >= 15 is 0 Å². The quantitative estimate of drug-likeness (QED) is 0.0405. The number of thiazole rings is 2. The fraction of sp³-hybridized carbons (Fsp3) is 0.536. The molecule has 4 aromatic heterocycles. The lowest BCUT2D eigenvalue weighted by Gasteiger charge is -2.22. The minimum absolute atomic E-state index is 0.0473. The predicted molar refractivity (Wildman–Crippen MR) is 275 cm³/mol. The second-order valence-corrected chi connectivity index (χ2v) is 23.0. The van der Waals surface area contributed by atoms with Crippen LogP contribution >= 0.6 is 22.7 Å². The van der Waals surface area contributed by atoms with Gasteiger partial charge in [-0.1, -0.05) is 98.7 Å². The summed E-state index contributed by atoms with van der Waals surface area (Å²) >= 11 is 3.34. The number of hydrogen-bond acceptors (Lipinski definition) is 13. The zero-order valence-corrected chi connectivity index (χ0v) is 43.7. The SMILES string of the molecule is CC(C)Cc1ncc(-c2onc([C@@H](CCCOCc3ccccc3)CC(=O)O)c2C2CC2)s1.CC(C)Cc1ncc(-c2onc([C@@H](CCCOCc3ccccc3)CC(=O)OC(C)(C)C)c2C2CC2)s1. The van der Waals surface area contributed by atoms with Crippen molar-refractivity contribution in [3.63, 3.8) is 0 Å². The van der Waals surface area contributed by atoms with Gasteiger partial charge in [-0.2, -0.15) is 0 Å². The number of carbonyl (C=O) groups is 2. The molecule has 0 amide bonds. The minimum Gasteiger partial charge on any atom is -0.481 e. The Morgan fingerprint density at radius 1 is 0.671 bits per heavy atom. The van der Waals surface area contributed by atoms with Gasteiger partial charge in [0.25, 0.3) is 0 Å². The normalized spacial score (nSPS) is 14.7. The van der Waals surface area contributed by atoms with Gasteiger partial charge < -0.3 is 28.4 Å². The Hall–Kier alpha value is -5.02. The summed E-state index contributed by atoms with van der Waals surface area (Å²) in [4.78, 5) is 35.7. The van der Waals surface area contributed by atoms with Crippen molar-refractivity contribution in [1.82, 2.24) is 20.3 Å². The number of hydrogen-bond donors (Lipinski definition) is 1. The molecule has 6 aromatic rings. The minimum atomic E-state index is -0.812. The van der Waals surface area contributed by atoms with Gasteiger partial charge in [-0.05, 0) is 107 Å². The number of nitrogens with zero attached hydrogens (tertiary/aromatic N) is 4. The average molecular weight is 993 g/mol. The van der Waals surface area contributed by atoms with E-state index in [0.29, 0.717) is 56.5 Å². The Bertz CT molecular complexity index is 2530. The Morgan fingerprint density at radius 3 is 1.49 bits per heavy atom. The summed E-state index contributed by atoms with van der Waals surface area (Å²) in [6.07, 6.45) is 13.5. The van der Waals surface area contributed by atoms with Gasteiger partial charge in [-0.3, -0.25) is 9.59 Å². The number of aliphatic carboxylic acids is 1. The van der Waals surface area contributed by atoms with Crippen molar-refractivity contribution in [2.45, 2.75) is 168 Å². The first-order valence-corrected chi connectivity index (χ1v) is 26.9. The van der Waals surface area contributed by atoms with Crippen LogP contribution in [0.15, 0.2) is 82.1 Å². The molecule has 0 radical (unpaired) electrons. The zero-order valence-electron chi connectivity index (χ0n) is 42.1. The maximum absolute atomic E-state index is 12.9. The van der Waals surface area contributed by atoms with E-state index in [-0.39, 0.29) is 30.6 Å². The molecule has 2 saturated carbocycles. The van der Waals surface area contributed by atoms with Crippen LogP contribution in [0.1, 0.15) is 180 Å². The highest BCUT2D eigenvalue weighted by molar-refractivity contribution is 7.15. The molecule has 14 heteroatoms. The maximum Gasteiger partial charge on any atom is 0.306 e. The van der Waals surface area contributed by atoms with Gasteiger partial charge in [-0.25, -0.2) is 9.97 Å². The summed E-state index contributed by atoms with van der Waals surface area (Å²) in [7, 11) is 0. The topological polar surface area (TPSA) is 160 Å². The molecule has 8 rings (SSSR count). The Labute approximate surface area is 421 Å². The lowest BCUT2D eigenvalue weighted by atomic mass is 9.90. The molecule has 2 fully saturated rings. The highest BCUT2D eigenvalue weighted by Crippen LogP contribution is 2.51. The van der Waals surface area contributed by atoms with E-state index in [9.17, 15) is 14.7 Å². The largest absolute Gasteiger partial charge is 0.481 e. The number of carboxylic acids is 1. The van der Waals surface area contributed by atoms with Crippen molar-refractivity contribution in [2.75, 3.05) is 13.2 Å². The third-order valence-electron chi connectivity index (χ3n) is 12.1. The fourth-order valence-electron chi connectivity index (χ4n) is 8.67. The van der Waals surface area contributed by atoms with Crippen LogP contribution in [0, 0.1) is 11.8 Å². The molecule has 4 heterocycles. The third-order valence-corrected chi connectivity index (χ3v) is 14.2. The van der Waals surface area contributed by atoms with E-state index in [1.165, 1.54) is 5.56 Å². The van der Waals surface area contributed by atoms with Crippen LogP contribution in [0.3, 0.4) is 0 Å². The lowest BCUT2D eigenvalue weighted by Crippen LogP contribution is -2.25. The second-order valence-electron chi connectivity index (χ2n) is 20.7. The summed E-state index contributed by atoms with van der Waals surface area (Å²) in [5, 5.41) is 20.8. The monoisotopic (exact) mass is 992 g/mol.